The molecule has 3 nitrogen and oxygen atoms in total. The Hall–Kier alpha value is -1.42. The van der Waals surface area contributed by atoms with Crippen LogP contribution in [0.2, 0.25) is 15.1 Å². The largest absolute Gasteiger partial charge is 0.416 e. The molecule has 0 spiro atoms. The van der Waals surface area contributed by atoms with Crippen LogP contribution >= 0.6 is 34.8 Å². The van der Waals surface area contributed by atoms with Crippen LogP contribution in [0.5, 0.6) is 0 Å². The molecule has 1 fully saturated rings. The first-order valence-electron chi connectivity index (χ1n) is 8.44. The predicted molar refractivity (Wildman–Crippen MR) is 101 cm³/mol. The molecule has 1 saturated heterocycles. The van der Waals surface area contributed by atoms with Crippen LogP contribution in [0, 0.1) is 0 Å². The Balaban J connectivity index is 2.05. The van der Waals surface area contributed by atoms with Crippen LogP contribution in [0.3, 0.4) is 0 Å². The zero-order valence-corrected chi connectivity index (χ0v) is 17.1. The molecule has 2 heterocycles. The third kappa shape index (κ3) is 4.04. The molecule has 164 valence electrons. The van der Waals surface area contributed by atoms with Crippen molar-refractivity contribution in [1.82, 2.24) is 4.98 Å². The molecule has 1 unspecified atom stereocenters. The summed E-state index contributed by atoms with van der Waals surface area (Å²) >= 11 is 17.7. The number of benzene rings is 1. The Bertz CT molecular complexity index is 943. The number of aliphatic hydroxyl groups is 1. The standard InChI is InChI=1S/C18H13Cl3F6N2O/c19-12-3-10(4-13(20)15(12)21)16(18(25,26)27)1-2-29(8-16)14-5-11(17(22,23)24)9(7-30)6-28-14/h3-6,30H,1-2,7-8H2. The maximum Gasteiger partial charge on any atom is 0.416 e. The van der Waals surface area contributed by atoms with Gasteiger partial charge in [-0.15, -0.1) is 0 Å². The maximum atomic E-state index is 14.2. The summed E-state index contributed by atoms with van der Waals surface area (Å²) < 4.78 is 82.3. The van der Waals surface area contributed by atoms with Crippen LogP contribution in [-0.4, -0.2) is 29.4 Å². The Morgan fingerprint density at radius 3 is 2.13 bits per heavy atom. The molecule has 0 saturated carbocycles. The van der Waals surface area contributed by atoms with Gasteiger partial charge >= 0.3 is 12.4 Å². The average molecular weight is 494 g/mol. The van der Waals surface area contributed by atoms with Gasteiger partial charge in [0.1, 0.15) is 11.2 Å². The topological polar surface area (TPSA) is 36.4 Å². The third-order valence-electron chi connectivity index (χ3n) is 5.12. The first-order chi connectivity index (χ1) is 13.8. The number of anilines is 1. The summed E-state index contributed by atoms with van der Waals surface area (Å²) in [5.74, 6) is -0.281. The van der Waals surface area contributed by atoms with E-state index in [9.17, 15) is 26.3 Å². The van der Waals surface area contributed by atoms with Crippen LogP contribution in [0.15, 0.2) is 24.4 Å². The third-order valence-corrected chi connectivity index (χ3v) is 6.32. The van der Waals surface area contributed by atoms with Gasteiger partial charge in [-0.05, 0) is 30.2 Å². The molecule has 1 atom stereocenters. The van der Waals surface area contributed by atoms with Crippen molar-refractivity contribution in [3.05, 3.63) is 56.2 Å². The quantitative estimate of drug-likeness (QED) is 0.405. The highest BCUT2D eigenvalue weighted by atomic mass is 35.5. The molecule has 0 bridgehead atoms. The summed E-state index contributed by atoms with van der Waals surface area (Å²) in [6.07, 6.45) is -9.19. The Morgan fingerprint density at radius 1 is 1.03 bits per heavy atom. The number of aliphatic hydroxyl groups excluding tert-OH is 1. The van der Waals surface area contributed by atoms with Crippen LogP contribution < -0.4 is 4.90 Å². The van der Waals surface area contributed by atoms with Gasteiger partial charge in [0.2, 0.25) is 0 Å². The second kappa shape index (κ2) is 7.93. The molecule has 1 aliphatic rings. The summed E-state index contributed by atoms with van der Waals surface area (Å²) in [6, 6.07) is 2.77. The van der Waals surface area contributed by atoms with Crippen LogP contribution in [-0.2, 0) is 18.2 Å². The number of hydrogen-bond donors (Lipinski definition) is 1. The van der Waals surface area contributed by atoms with Gasteiger partial charge in [0.15, 0.2) is 0 Å². The van der Waals surface area contributed by atoms with Gasteiger partial charge in [-0.2, -0.15) is 26.3 Å². The Morgan fingerprint density at radius 2 is 1.63 bits per heavy atom. The number of alkyl halides is 6. The molecule has 12 heteroatoms. The molecular weight excluding hydrogens is 481 g/mol. The van der Waals surface area contributed by atoms with E-state index < -0.39 is 48.5 Å². The number of halogens is 9. The average Bonchev–Trinajstić information content (AvgIpc) is 3.11. The summed E-state index contributed by atoms with van der Waals surface area (Å²) in [6.45, 7) is -1.80. The predicted octanol–water partition coefficient (Wildman–Crippen LogP) is 6.26. The van der Waals surface area contributed by atoms with Gasteiger partial charge in [0.25, 0.3) is 0 Å². The van der Waals surface area contributed by atoms with E-state index in [-0.39, 0.29) is 33.0 Å². The lowest BCUT2D eigenvalue weighted by molar-refractivity contribution is -0.184. The highest BCUT2D eigenvalue weighted by Crippen LogP contribution is 2.50. The van der Waals surface area contributed by atoms with E-state index >= 15 is 0 Å². The van der Waals surface area contributed by atoms with E-state index in [0.717, 1.165) is 23.2 Å². The molecule has 1 aromatic heterocycles. The monoisotopic (exact) mass is 492 g/mol. The van der Waals surface area contributed by atoms with Gasteiger partial charge in [-0.25, -0.2) is 4.98 Å². The van der Waals surface area contributed by atoms with Crippen LogP contribution in [0.25, 0.3) is 0 Å². The fourth-order valence-corrected chi connectivity index (χ4v) is 4.10. The molecule has 1 aliphatic heterocycles. The normalized spacial score (nSPS) is 20.1. The smallest absolute Gasteiger partial charge is 0.392 e. The lowest BCUT2D eigenvalue weighted by atomic mass is 9.79. The van der Waals surface area contributed by atoms with E-state index in [2.05, 4.69) is 4.98 Å². The molecule has 0 aliphatic carbocycles. The molecule has 30 heavy (non-hydrogen) atoms. The first-order valence-corrected chi connectivity index (χ1v) is 9.57. The van der Waals surface area contributed by atoms with Crippen molar-refractivity contribution in [3.8, 4) is 0 Å². The summed E-state index contributed by atoms with van der Waals surface area (Å²) in [4.78, 5) is 4.93. The van der Waals surface area contributed by atoms with Crippen LogP contribution in [0.1, 0.15) is 23.1 Å². The maximum absolute atomic E-state index is 14.2. The van der Waals surface area contributed by atoms with Gasteiger partial charge in [0.05, 0.1) is 27.2 Å². The summed E-state index contributed by atoms with van der Waals surface area (Å²) in [5, 5.41) is 8.70. The van der Waals surface area contributed by atoms with Crippen LogP contribution in [0.4, 0.5) is 32.2 Å². The molecule has 1 N–H and O–H groups in total. The summed E-state index contributed by atoms with van der Waals surface area (Å²) in [7, 11) is 0. The minimum atomic E-state index is -4.80. The number of rotatable bonds is 3. The van der Waals surface area contributed by atoms with Gasteiger partial charge in [-0.3, -0.25) is 0 Å². The van der Waals surface area contributed by atoms with Crippen molar-refractivity contribution in [2.75, 3.05) is 18.0 Å². The Kier molecular flexibility index (Phi) is 6.14. The van der Waals surface area contributed by atoms with E-state index in [4.69, 9.17) is 39.9 Å². The number of pyridine rings is 1. The number of nitrogens with zero attached hydrogens (tertiary/aromatic N) is 2. The lowest BCUT2D eigenvalue weighted by Gasteiger charge is -2.33. The highest BCUT2D eigenvalue weighted by molar-refractivity contribution is 6.48. The zero-order chi connectivity index (χ0) is 22.5. The second-order valence-corrected chi connectivity index (χ2v) is 8.05. The fourth-order valence-electron chi connectivity index (χ4n) is 3.50. The van der Waals surface area contributed by atoms with E-state index in [0.29, 0.717) is 6.07 Å². The second-order valence-electron chi connectivity index (χ2n) is 6.86. The van der Waals surface area contributed by atoms with Gasteiger partial charge in [-0.1, -0.05) is 34.8 Å². The molecule has 0 radical (unpaired) electrons. The lowest BCUT2D eigenvalue weighted by Crippen LogP contribution is -2.45. The molecular formula is C18H13Cl3F6N2O. The number of aromatic nitrogens is 1. The zero-order valence-electron chi connectivity index (χ0n) is 14.9. The minimum Gasteiger partial charge on any atom is -0.392 e. The molecule has 1 aromatic carbocycles. The summed E-state index contributed by atoms with van der Waals surface area (Å²) in [5.41, 5.74) is -4.29. The van der Waals surface area contributed by atoms with E-state index in [1.165, 1.54) is 0 Å². The SMILES string of the molecule is OCc1cnc(N2CCC(c3cc(Cl)c(Cl)c(Cl)c3)(C(F)(F)F)C2)cc1C(F)(F)F. The van der Waals surface area contributed by atoms with Crippen molar-refractivity contribution >= 4 is 40.6 Å². The van der Waals surface area contributed by atoms with Gasteiger partial charge < -0.3 is 10.0 Å². The van der Waals surface area contributed by atoms with Crippen molar-refractivity contribution < 1.29 is 31.4 Å². The highest BCUT2D eigenvalue weighted by Gasteiger charge is 2.59. The van der Waals surface area contributed by atoms with Crippen molar-refractivity contribution in [2.24, 2.45) is 0 Å². The first kappa shape index (κ1) is 23.2. The molecule has 3 rings (SSSR count). The fraction of sp³-hybridized carbons (Fsp3) is 0.389. The van der Waals surface area contributed by atoms with E-state index in [1.807, 2.05) is 0 Å². The van der Waals surface area contributed by atoms with Gasteiger partial charge in [0, 0.05) is 24.8 Å². The minimum absolute atomic E-state index is 0.0923. The van der Waals surface area contributed by atoms with Crippen molar-refractivity contribution in [3.63, 3.8) is 0 Å². The van der Waals surface area contributed by atoms with Crippen molar-refractivity contribution in [1.29, 1.82) is 0 Å². The van der Waals surface area contributed by atoms with E-state index in [1.54, 1.807) is 0 Å². The number of hydrogen-bond acceptors (Lipinski definition) is 3. The van der Waals surface area contributed by atoms with Crippen molar-refractivity contribution in [2.45, 2.75) is 30.8 Å². The molecule has 2 aromatic rings. The molecule has 0 amide bonds. The Labute approximate surface area is 182 Å².